The predicted molar refractivity (Wildman–Crippen MR) is 79.5 cm³/mol. The van der Waals surface area contributed by atoms with Crippen molar-refractivity contribution in [2.45, 2.75) is 32.7 Å². The Morgan fingerprint density at radius 2 is 2.21 bits per heavy atom. The molecule has 3 nitrogen and oxygen atoms in total. The minimum Gasteiger partial charge on any atom is -0.323 e. The van der Waals surface area contributed by atoms with Crippen LogP contribution in [0.5, 0.6) is 0 Å². The van der Waals surface area contributed by atoms with Gasteiger partial charge in [-0.15, -0.1) is 0 Å². The van der Waals surface area contributed by atoms with Gasteiger partial charge in [-0.3, -0.25) is 9.69 Å². The summed E-state index contributed by atoms with van der Waals surface area (Å²) < 4.78 is 0. The molecule has 2 atom stereocenters. The lowest BCUT2D eigenvalue weighted by molar-refractivity contribution is -0.121. The Bertz CT molecular complexity index is 450. The second-order valence-electron chi connectivity index (χ2n) is 5.39. The minimum atomic E-state index is -0.112. The molecule has 0 aromatic heterocycles. The van der Waals surface area contributed by atoms with E-state index in [-0.39, 0.29) is 11.9 Å². The second kappa shape index (κ2) is 6.40. The highest BCUT2D eigenvalue weighted by Gasteiger charge is 2.25. The molecule has 0 unspecified atom stereocenters. The van der Waals surface area contributed by atoms with E-state index in [1.54, 1.807) is 6.07 Å². The molecule has 104 valence electrons. The highest BCUT2D eigenvalue weighted by molar-refractivity contribution is 6.33. The maximum Gasteiger partial charge on any atom is 0.241 e. The quantitative estimate of drug-likeness (QED) is 0.920. The van der Waals surface area contributed by atoms with Gasteiger partial charge in [0.25, 0.3) is 0 Å². The highest BCUT2D eigenvalue weighted by Crippen LogP contribution is 2.22. The third kappa shape index (κ3) is 3.71. The fraction of sp³-hybridized carbons (Fsp3) is 0.533. The van der Waals surface area contributed by atoms with Crippen LogP contribution in [-0.4, -0.2) is 29.9 Å². The van der Waals surface area contributed by atoms with Crippen molar-refractivity contribution in [2.75, 3.05) is 18.4 Å². The van der Waals surface area contributed by atoms with Gasteiger partial charge in [0.2, 0.25) is 5.91 Å². The van der Waals surface area contributed by atoms with Crippen molar-refractivity contribution in [3.8, 4) is 0 Å². The Balaban J connectivity index is 1.97. The van der Waals surface area contributed by atoms with Crippen LogP contribution < -0.4 is 5.32 Å². The number of para-hydroxylation sites is 1. The molecule has 2 rings (SSSR count). The third-order valence-electron chi connectivity index (χ3n) is 3.75. The van der Waals surface area contributed by atoms with Gasteiger partial charge >= 0.3 is 0 Å². The SMILES string of the molecule is C[C@H]1CCCN([C@@H](C)C(=O)Nc2ccccc2Cl)C1. The summed E-state index contributed by atoms with van der Waals surface area (Å²) in [5, 5.41) is 3.49. The number of carbonyl (C=O) groups excluding carboxylic acids is 1. The zero-order valence-electron chi connectivity index (χ0n) is 11.5. The number of anilines is 1. The van der Waals surface area contributed by atoms with Gasteiger partial charge in [-0.1, -0.05) is 30.7 Å². The van der Waals surface area contributed by atoms with Gasteiger partial charge in [-0.05, 0) is 44.4 Å². The molecule has 1 aliphatic heterocycles. The number of halogens is 1. The molecular weight excluding hydrogens is 260 g/mol. The molecule has 0 aliphatic carbocycles. The van der Waals surface area contributed by atoms with E-state index in [2.05, 4.69) is 17.1 Å². The number of benzene rings is 1. The maximum atomic E-state index is 12.3. The number of hydrogen-bond donors (Lipinski definition) is 1. The van der Waals surface area contributed by atoms with E-state index in [0.29, 0.717) is 16.6 Å². The van der Waals surface area contributed by atoms with Gasteiger partial charge in [0, 0.05) is 6.54 Å². The van der Waals surface area contributed by atoms with E-state index in [4.69, 9.17) is 11.6 Å². The Morgan fingerprint density at radius 3 is 2.89 bits per heavy atom. The van der Waals surface area contributed by atoms with Crippen LogP contribution in [0.4, 0.5) is 5.69 Å². The van der Waals surface area contributed by atoms with Crippen LogP contribution in [0.3, 0.4) is 0 Å². The first kappa shape index (κ1) is 14.4. The fourth-order valence-electron chi connectivity index (χ4n) is 2.54. The number of rotatable bonds is 3. The Kier molecular flexibility index (Phi) is 4.83. The molecule has 0 saturated carbocycles. The third-order valence-corrected chi connectivity index (χ3v) is 4.08. The van der Waals surface area contributed by atoms with Crippen molar-refractivity contribution in [3.05, 3.63) is 29.3 Å². The van der Waals surface area contributed by atoms with E-state index in [1.807, 2.05) is 25.1 Å². The first-order chi connectivity index (χ1) is 9.08. The zero-order chi connectivity index (χ0) is 13.8. The van der Waals surface area contributed by atoms with Crippen molar-refractivity contribution in [3.63, 3.8) is 0 Å². The molecule has 4 heteroatoms. The summed E-state index contributed by atoms with van der Waals surface area (Å²) in [6, 6.07) is 7.22. The number of nitrogens with one attached hydrogen (secondary N) is 1. The molecule has 1 aromatic rings. The topological polar surface area (TPSA) is 32.3 Å². The van der Waals surface area contributed by atoms with Gasteiger partial charge < -0.3 is 5.32 Å². The van der Waals surface area contributed by atoms with Crippen molar-refractivity contribution < 1.29 is 4.79 Å². The minimum absolute atomic E-state index is 0.0159. The molecule has 1 saturated heterocycles. The molecule has 1 heterocycles. The van der Waals surface area contributed by atoms with Gasteiger partial charge in [0.1, 0.15) is 0 Å². The largest absolute Gasteiger partial charge is 0.323 e. The Labute approximate surface area is 119 Å². The summed E-state index contributed by atoms with van der Waals surface area (Å²) in [5.41, 5.74) is 0.686. The Morgan fingerprint density at radius 1 is 1.47 bits per heavy atom. The first-order valence-electron chi connectivity index (χ1n) is 6.87. The average molecular weight is 281 g/mol. The molecule has 19 heavy (non-hydrogen) atoms. The van der Waals surface area contributed by atoms with Gasteiger partial charge in [0.05, 0.1) is 16.8 Å². The molecule has 0 spiro atoms. The number of carbonyl (C=O) groups is 1. The summed E-state index contributed by atoms with van der Waals surface area (Å²) in [5.74, 6) is 0.687. The summed E-state index contributed by atoms with van der Waals surface area (Å²) in [6.45, 7) is 6.20. The van der Waals surface area contributed by atoms with Crippen LogP contribution in [0, 0.1) is 5.92 Å². The summed E-state index contributed by atoms with van der Waals surface area (Å²) in [4.78, 5) is 14.5. The van der Waals surface area contributed by atoms with Crippen LogP contribution in [0.15, 0.2) is 24.3 Å². The number of amides is 1. The predicted octanol–water partition coefficient (Wildman–Crippen LogP) is 3.40. The monoisotopic (exact) mass is 280 g/mol. The van der Waals surface area contributed by atoms with Crippen molar-refractivity contribution >= 4 is 23.2 Å². The molecule has 1 aromatic carbocycles. The number of hydrogen-bond acceptors (Lipinski definition) is 2. The lowest BCUT2D eigenvalue weighted by Crippen LogP contribution is -2.46. The van der Waals surface area contributed by atoms with E-state index >= 15 is 0 Å². The Hall–Kier alpha value is -1.06. The molecule has 1 fully saturated rings. The molecular formula is C15H21ClN2O. The fourth-order valence-corrected chi connectivity index (χ4v) is 2.73. The summed E-state index contributed by atoms with van der Waals surface area (Å²) in [7, 11) is 0. The highest BCUT2D eigenvalue weighted by atomic mass is 35.5. The number of likely N-dealkylation sites (tertiary alicyclic amines) is 1. The standard InChI is InChI=1S/C15H21ClN2O/c1-11-6-5-9-18(10-11)12(2)15(19)17-14-8-4-3-7-13(14)16/h3-4,7-8,11-12H,5-6,9-10H2,1-2H3,(H,17,19)/t11-,12-/m0/s1. The molecule has 0 radical (unpaired) electrons. The van der Waals surface area contributed by atoms with Crippen LogP contribution in [-0.2, 0) is 4.79 Å². The van der Waals surface area contributed by atoms with Crippen LogP contribution >= 0.6 is 11.6 Å². The molecule has 1 amide bonds. The maximum absolute atomic E-state index is 12.3. The van der Waals surface area contributed by atoms with E-state index < -0.39 is 0 Å². The first-order valence-corrected chi connectivity index (χ1v) is 7.25. The second-order valence-corrected chi connectivity index (χ2v) is 5.79. The summed E-state index contributed by atoms with van der Waals surface area (Å²) >= 11 is 6.05. The van der Waals surface area contributed by atoms with Gasteiger partial charge in [-0.2, -0.15) is 0 Å². The van der Waals surface area contributed by atoms with E-state index in [0.717, 1.165) is 13.1 Å². The van der Waals surface area contributed by atoms with Crippen LogP contribution in [0.25, 0.3) is 0 Å². The van der Waals surface area contributed by atoms with E-state index in [9.17, 15) is 4.79 Å². The van der Waals surface area contributed by atoms with Crippen LogP contribution in [0.2, 0.25) is 5.02 Å². The summed E-state index contributed by atoms with van der Waals surface area (Å²) in [6.07, 6.45) is 2.43. The number of nitrogens with zero attached hydrogens (tertiary/aromatic N) is 1. The van der Waals surface area contributed by atoms with Crippen molar-refractivity contribution in [1.29, 1.82) is 0 Å². The lowest BCUT2D eigenvalue weighted by Gasteiger charge is -2.34. The van der Waals surface area contributed by atoms with E-state index in [1.165, 1.54) is 12.8 Å². The van der Waals surface area contributed by atoms with Gasteiger partial charge in [0.15, 0.2) is 0 Å². The van der Waals surface area contributed by atoms with Crippen molar-refractivity contribution in [2.24, 2.45) is 5.92 Å². The van der Waals surface area contributed by atoms with Crippen LogP contribution in [0.1, 0.15) is 26.7 Å². The smallest absolute Gasteiger partial charge is 0.241 e. The average Bonchev–Trinajstić information content (AvgIpc) is 2.40. The molecule has 0 bridgehead atoms. The normalized spacial score (nSPS) is 21.9. The zero-order valence-corrected chi connectivity index (χ0v) is 12.3. The molecule has 1 N–H and O–H groups in total. The molecule has 1 aliphatic rings. The lowest BCUT2D eigenvalue weighted by atomic mass is 9.99. The van der Waals surface area contributed by atoms with Gasteiger partial charge in [-0.25, -0.2) is 0 Å². The van der Waals surface area contributed by atoms with Crippen molar-refractivity contribution in [1.82, 2.24) is 4.90 Å². The number of piperidine rings is 1.